The van der Waals surface area contributed by atoms with Crippen molar-refractivity contribution in [2.24, 2.45) is 0 Å². The van der Waals surface area contributed by atoms with Crippen LogP contribution in [-0.4, -0.2) is 17.6 Å². The molecule has 2 N–H and O–H groups in total. The Labute approximate surface area is 84.9 Å². The fourth-order valence-electron chi connectivity index (χ4n) is 0.916. The predicted octanol–water partition coefficient (Wildman–Crippen LogP) is 1.62. The van der Waals surface area contributed by atoms with E-state index in [1.165, 1.54) is 0 Å². The van der Waals surface area contributed by atoms with Crippen LogP contribution in [-0.2, 0) is 11.3 Å². The lowest BCUT2D eigenvalue weighted by Gasteiger charge is -2.01. The molecule has 0 amide bonds. The molecule has 0 fully saturated rings. The first kappa shape index (κ1) is 10.2. The van der Waals surface area contributed by atoms with Crippen LogP contribution < -0.4 is 5.32 Å². The molecule has 0 aliphatic carbocycles. The van der Waals surface area contributed by atoms with Gasteiger partial charge in [-0.2, -0.15) is 0 Å². The number of carboxylic acids is 1. The minimum atomic E-state index is -0.836. The van der Waals surface area contributed by atoms with Gasteiger partial charge in [0.2, 0.25) is 0 Å². The van der Waals surface area contributed by atoms with Crippen LogP contribution in [0.3, 0.4) is 0 Å². The normalized spacial score (nSPS) is 9.92. The molecule has 0 saturated heterocycles. The molecule has 0 radical (unpaired) electrons. The van der Waals surface area contributed by atoms with Gasteiger partial charge in [-0.15, -0.1) is 0 Å². The highest BCUT2D eigenvalue weighted by Crippen LogP contribution is 2.09. The van der Waals surface area contributed by atoms with Gasteiger partial charge < -0.3 is 10.4 Å². The molecule has 0 bridgehead atoms. The molecular weight excluding hydrogens is 234 g/mol. The predicted molar refractivity (Wildman–Crippen MR) is 53.5 cm³/mol. The molecule has 1 rings (SSSR count). The summed E-state index contributed by atoms with van der Waals surface area (Å²) in [6.45, 7) is 0.579. The van der Waals surface area contributed by atoms with E-state index in [2.05, 4.69) is 21.2 Å². The lowest BCUT2D eigenvalue weighted by Crippen LogP contribution is -2.21. The summed E-state index contributed by atoms with van der Waals surface area (Å²) in [5.74, 6) is -0.836. The van der Waals surface area contributed by atoms with Crippen molar-refractivity contribution in [3.05, 3.63) is 34.3 Å². The van der Waals surface area contributed by atoms with Crippen LogP contribution in [0.15, 0.2) is 28.7 Å². The highest BCUT2D eigenvalue weighted by molar-refractivity contribution is 9.10. The first-order valence-corrected chi connectivity index (χ1v) is 4.65. The van der Waals surface area contributed by atoms with Crippen molar-refractivity contribution in [2.45, 2.75) is 6.54 Å². The second kappa shape index (κ2) is 4.99. The average molecular weight is 244 g/mol. The quantitative estimate of drug-likeness (QED) is 0.846. The molecule has 0 unspecified atom stereocenters. The standard InChI is InChI=1S/C9H10BrNO2/c10-8-3-1-7(2-4-8)5-11-6-9(12)13/h1-4,11H,5-6H2,(H,12,13). The Morgan fingerprint density at radius 1 is 1.38 bits per heavy atom. The van der Waals surface area contributed by atoms with Gasteiger partial charge in [-0.25, -0.2) is 0 Å². The summed E-state index contributed by atoms with van der Waals surface area (Å²) in [6.07, 6.45) is 0. The number of halogens is 1. The number of rotatable bonds is 4. The Morgan fingerprint density at radius 3 is 2.54 bits per heavy atom. The molecular formula is C9H10BrNO2. The molecule has 3 nitrogen and oxygen atoms in total. The van der Waals surface area contributed by atoms with E-state index < -0.39 is 5.97 Å². The zero-order chi connectivity index (χ0) is 9.68. The minimum absolute atomic E-state index is 0.00390. The number of hydrogen-bond acceptors (Lipinski definition) is 2. The third kappa shape index (κ3) is 4.05. The zero-order valence-corrected chi connectivity index (χ0v) is 8.54. The van der Waals surface area contributed by atoms with E-state index in [0.717, 1.165) is 10.0 Å². The maximum atomic E-state index is 10.2. The zero-order valence-electron chi connectivity index (χ0n) is 6.96. The fourth-order valence-corrected chi connectivity index (χ4v) is 1.18. The monoisotopic (exact) mass is 243 g/mol. The number of aliphatic carboxylic acids is 1. The largest absolute Gasteiger partial charge is 0.480 e. The van der Waals surface area contributed by atoms with E-state index in [-0.39, 0.29) is 6.54 Å². The second-order valence-electron chi connectivity index (χ2n) is 2.62. The molecule has 0 aliphatic rings. The molecule has 70 valence electrons. The van der Waals surface area contributed by atoms with Gasteiger partial charge in [-0.05, 0) is 17.7 Å². The molecule has 0 aliphatic heterocycles. The van der Waals surface area contributed by atoms with Gasteiger partial charge >= 0.3 is 5.97 Å². The smallest absolute Gasteiger partial charge is 0.317 e. The number of hydrogen-bond donors (Lipinski definition) is 2. The lowest BCUT2D eigenvalue weighted by atomic mass is 10.2. The van der Waals surface area contributed by atoms with Gasteiger partial charge in [-0.3, -0.25) is 4.79 Å². The van der Waals surface area contributed by atoms with Crippen molar-refractivity contribution in [2.75, 3.05) is 6.54 Å². The van der Waals surface area contributed by atoms with Crippen LogP contribution in [0.5, 0.6) is 0 Å². The highest BCUT2D eigenvalue weighted by atomic mass is 79.9. The SMILES string of the molecule is O=C(O)CNCc1ccc(Br)cc1. The number of nitrogens with one attached hydrogen (secondary N) is 1. The third-order valence-corrected chi connectivity index (χ3v) is 2.05. The van der Waals surface area contributed by atoms with Crippen molar-refractivity contribution in [1.82, 2.24) is 5.32 Å². The molecule has 1 aromatic rings. The van der Waals surface area contributed by atoms with E-state index in [1.807, 2.05) is 24.3 Å². The lowest BCUT2D eigenvalue weighted by molar-refractivity contribution is -0.135. The van der Waals surface area contributed by atoms with Gasteiger partial charge in [0.15, 0.2) is 0 Å². The molecule has 0 saturated carbocycles. The minimum Gasteiger partial charge on any atom is -0.480 e. The molecule has 1 aromatic carbocycles. The Morgan fingerprint density at radius 2 is 2.00 bits per heavy atom. The molecule has 4 heteroatoms. The van der Waals surface area contributed by atoms with Gasteiger partial charge in [0.25, 0.3) is 0 Å². The van der Waals surface area contributed by atoms with E-state index in [9.17, 15) is 4.79 Å². The molecule has 0 atom stereocenters. The maximum absolute atomic E-state index is 10.2. The first-order valence-electron chi connectivity index (χ1n) is 3.85. The Kier molecular flexibility index (Phi) is 3.92. The van der Waals surface area contributed by atoms with Crippen LogP contribution in [0.2, 0.25) is 0 Å². The molecule has 13 heavy (non-hydrogen) atoms. The Bertz CT molecular complexity index is 284. The Balaban J connectivity index is 2.37. The summed E-state index contributed by atoms with van der Waals surface area (Å²) in [5, 5.41) is 11.2. The maximum Gasteiger partial charge on any atom is 0.317 e. The van der Waals surface area contributed by atoms with Gasteiger partial charge in [0.1, 0.15) is 0 Å². The second-order valence-corrected chi connectivity index (χ2v) is 3.54. The van der Waals surface area contributed by atoms with E-state index in [0.29, 0.717) is 6.54 Å². The summed E-state index contributed by atoms with van der Waals surface area (Å²) in [4.78, 5) is 10.2. The average Bonchev–Trinajstić information content (AvgIpc) is 2.08. The van der Waals surface area contributed by atoms with E-state index in [1.54, 1.807) is 0 Å². The van der Waals surface area contributed by atoms with Gasteiger partial charge in [0, 0.05) is 11.0 Å². The van der Waals surface area contributed by atoms with Crippen molar-refractivity contribution < 1.29 is 9.90 Å². The topological polar surface area (TPSA) is 49.3 Å². The van der Waals surface area contributed by atoms with E-state index >= 15 is 0 Å². The number of benzene rings is 1. The molecule has 0 spiro atoms. The summed E-state index contributed by atoms with van der Waals surface area (Å²) in [6, 6.07) is 7.74. The van der Waals surface area contributed by atoms with Crippen LogP contribution in [0.4, 0.5) is 0 Å². The van der Waals surface area contributed by atoms with Crippen LogP contribution in [0, 0.1) is 0 Å². The Hall–Kier alpha value is -0.870. The fraction of sp³-hybridized carbons (Fsp3) is 0.222. The van der Waals surface area contributed by atoms with Crippen molar-refractivity contribution >= 4 is 21.9 Å². The summed E-state index contributed by atoms with van der Waals surface area (Å²) in [7, 11) is 0. The summed E-state index contributed by atoms with van der Waals surface area (Å²) >= 11 is 3.32. The van der Waals surface area contributed by atoms with Crippen LogP contribution >= 0.6 is 15.9 Å². The van der Waals surface area contributed by atoms with E-state index in [4.69, 9.17) is 5.11 Å². The van der Waals surface area contributed by atoms with Crippen LogP contribution in [0.1, 0.15) is 5.56 Å². The van der Waals surface area contributed by atoms with Gasteiger partial charge in [0.05, 0.1) is 6.54 Å². The van der Waals surface area contributed by atoms with Crippen LogP contribution in [0.25, 0.3) is 0 Å². The summed E-state index contributed by atoms with van der Waals surface area (Å²) in [5.41, 5.74) is 1.07. The highest BCUT2D eigenvalue weighted by Gasteiger charge is 1.96. The van der Waals surface area contributed by atoms with Gasteiger partial charge in [-0.1, -0.05) is 28.1 Å². The summed E-state index contributed by atoms with van der Waals surface area (Å²) < 4.78 is 1.02. The number of carboxylic acid groups (broad SMARTS) is 1. The molecule has 0 heterocycles. The third-order valence-electron chi connectivity index (χ3n) is 1.52. The molecule has 0 aromatic heterocycles. The first-order chi connectivity index (χ1) is 6.18. The van der Waals surface area contributed by atoms with Crippen molar-refractivity contribution in [3.63, 3.8) is 0 Å². The number of carbonyl (C=O) groups is 1. The van der Waals surface area contributed by atoms with Crippen molar-refractivity contribution in [1.29, 1.82) is 0 Å². The van der Waals surface area contributed by atoms with Crippen molar-refractivity contribution in [3.8, 4) is 0 Å².